The molecule has 0 unspecified atom stereocenters. The van der Waals surface area contributed by atoms with Crippen molar-refractivity contribution in [1.29, 1.82) is 5.26 Å². The van der Waals surface area contributed by atoms with Crippen LogP contribution in [0.2, 0.25) is 0 Å². The molecule has 4 rings (SSSR count). The average Bonchev–Trinajstić information content (AvgIpc) is 3.46. The van der Waals surface area contributed by atoms with Gasteiger partial charge in [-0.05, 0) is 61.2 Å². The summed E-state index contributed by atoms with van der Waals surface area (Å²) < 4.78 is 5.21. The molecule has 2 aliphatic rings. The highest BCUT2D eigenvalue weighted by molar-refractivity contribution is 5.82. The molecule has 0 radical (unpaired) electrons. The summed E-state index contributed by atoms with van der Waals surface area (Å²) in [6.45, 7) is 2.48. The van der Waals surface area contributed by atoms with Gasteiger partial charge in [0.2, 0.25) is 5.91 Å². The largest absolute Gasteiger partial charge is 0.497 e. The molecular weight excluding hydrogens is 364 g/mol. The third kappa shape index (κ3) is 4.20. The van der Waals surface area contributed by atoms with Crippen LogP contribution in [0.5, 0.6) is 5.75 Å². The first kappa shape index (κ1) is 19.3. The van der Waals surface area contributed by atoms with Crippen LogP contribution in [0, 0.1) is 11.3 Å². The van der Waals surface area contributed by atoms with Gasteiger partial charge < -0.3 is 20.3 Å². The lowest BCUT2D eigenvalue weighted by atomic mass is 10.0. The van der Waals surface area contributed by atoms with E-state index in [1.54, 1.807) is 7.11 Å². The van der Waals surface area contributed by atoms with E-state index in [2.05, 4.69) is 21.6 Å². The zero-order chi connectivity index (χ0) is 20.2. The van der Waals surface area contributed by atoms with Crippen LogP contribution in [-0.2, 0) is 4.79 Å². The highest BCUT2D eigenvalue weighted by Gasteiger charge is 2.29. The van der Waals surface area contributed by atoms with Crippen molar-refractivity contribution >= 4 is 11.6 Å². The number of hydrogen-bond acceptors (Lipinski definition) is 5. The molecule has 2 saturated heterocycles. The second-order valence-corrected chi connectivity index (χ2v) is 7.66. The SMILES string of the molecule is COc1ccc(-c2ccc(N3CC[C@H](NC(=O)[C@@H]4CCCN4)C3)c(C#N)c2)cc1. The number of hydrogen-bond donors (Lipinski definition) is 2. The molecule has 2 heterocycles. The second-order valence-electron chi connectivity index (χ2n) is 7.66. The number of nitriles is 1. The fraction of sp³-hybridized carbons (Fsp3) is 0.391. The van der Waals surface area contributed by atoms with E-state index in [9.17, 15) is 10.1 Å². The highest BCUT2D eigenvalue weighted by atomic mass is 16.5. The minimum Gasteiger partial charge on any atom is -0.497 e. The maximum absolute atomic E-state index is 12.4. The van der Waals surface area contributed by atoms with E-state index >= 15 is 0 Å². The van der Waals surface area contributed by atoms with Crippen LogP contribution in [0.3, 0.4) is 0 Å². The Kier molecular flexibility index (Phi) is 5.68. The first-order valence-electron chi connectivity index (χ1n) is 10.1. The van der Waals surface area contributed by atoms with Crippen molar-refractivity contribution in [2.24, 2.45) is 0 Å². The summed E-state index contributed by atoms with van der Waals surface area (Å²) in [6, 6.07) is 16.2. The lowest BCUT2D eigenvalue weighted by Crippen LogP contribution is -2.46. The van der Waals surface area contributed by atoms with Crippen LogP contribution in [0.1, 0.15) is 24.8 Å². The number of benzene rings is 2. The molecule has 2 aromatic carbocycles. The average molecular weight is 390 g/mol. The fourth-order valence-corrected chi connectivity index (χ4v) is 4.17. The molecule has 150 valence electrons. The molecule has 2 N–H and O–H groups in total. The van der Waals surface area contributed by atoms with Gasteiger partial charge >= 0.3 is 0 Å². The molecule has 0 aromatic heterocycles. The minimum atomic E-state index is -0.0532. The smallest absolute Gasteiger partial charge is 0.237 e. The Morgan fingerprint density at radius 3 is 2.69 bits per heavy atom. The molecule has 2 fully saturated rings. The molecule has 2 aliphatic heterocycles. The Bertz CT molecular complexity index is 913. The van der Waals surface area contributed by atoms with Gasteiger partial charge in [0.25, 0.3) is 0 Å². The standard InChI is InChI=1S/C23H26N4O2/c1-29-20-7-4-16(5-8-20)17-6-9-22(18(13-17)14-24)27-12-10-19(15-27)26-23(28)21-3-2-11-25-21/h4-9,13,19,21,25H,2-3,10-12,15H2,1H3,(H,26,28)/t19-,21-/m0/s1. The summed E-state index contributed by atoms with van der Waals surface area (Å²) in [5.74, 6) is 0.911. The first-order valence-corrected chi connectivity index (χ1v) is 10.1. The van der Waals surface area contributed by atoms with Crippen LogP contribution in [0.15, 0.2) is 42.5 Å². The number of nitrogens with zero attached hydrogens (tertiary/aromatic N) is 2. The van der Waals surface area contributed by atoms with Gasteiger partial charge in [0, 0.05) is 19.1 Å². The summed E-state index contributed by atoms with van der Waals surface area (Å²) >= 11 is 0. The zero-order valence-corrected chi connectivity index (χ0v) is 16.6. The predicted octanol–water partition coefficient (Wildman–Crippen LogP) is 2.68. The molecule has 2 aromatic rings. The maximum Gasteiger partial charge on any atom is 0.237 e. The Balaban J connectivity index is 1.45. The molecule has 2 atom stereocenters. The number of rotatable bonds is 5. The highest BCUT2D eigenvalue weighted by Crippen LogP contribution is 2.30. The predicted molar refractivity (Wildman–Crippen MR) is 113 cm³/mol. The van der Waals surface area contributed by atoms with Gasteiger partial charge in [-0.2, -0.15) is 5.26 Å². The Morgan fingerprint density at radius 2 is 2.00 bits per heavy atom. The van der Waals surface area contributed by atoms with E-state index in [4.69, 9.17) is 4.74 Å². The van der Waals surface area contributed by atoms with Crippen molar-refractivity contribution in [2.75, 3.05) is 31.6 Å². The normalized spacial score (nSPS) is 21.0. The summed E-state index contributed by atoms with van der Waals surface area (Å²) in [4.78, 5) is 14.6. The number of anilines is 1. The zero-order valence-electron chi connectivity index (χ0n) is 16.6. The lowest BCUT2D eigenvalue weighted by Gasteiger charge is -2.21. The maximum atomic E-state index is 12.4. The van der Waals surface area contributed by atoms with Crippen molar-refractivity contribution in [2.45, 2.75) is 31.3 Å². The molecule has 6 heteroatoms. The van der Waals surface area contributed by atoms with Crippen LogP contribution in [-0.4, -0.2) is 44.7 Å². The number of nitrogens with one attached hydrogen (secondary N) is 2. The van der Waals surface area contributed by atoms with Gasteiger partial charge in [0.1, 0.15) is 11.8 Å². The third-order valence-corrected chi connectivity index (χ3v) is 5.79. The monoisotopic (exact) mass is 390 g/mol. The Hall–Kier alpha value is -3.04. The number of methoxy groups -OCH3 is 1. The number of ether oxygens (including phenoxy) is 1. The third-order valence-electron chi connectivity index (χ3n) is 5.79. The van der Waals surface area contributed by atoms with Crippen molar-refractivity contribution < 1.29 is 9.53 Å². The number of carbonyl (C=O) groups excluding carboxylic acids is 1. The van der Waals surface area contributed by atoms with Gasteiger partial charge in [0.15, 0.2) is 0 Å². The second kappa shape index (κ2) is 8.54. The van der Waals surface area contributed by atoms with E-state index in [0.717, 1.165) is 61.5 Å². The molecule has 0 aliphatic carbocycles. The van der Waals surface area contributed by atoms with Crippen LogP contribution >= 0.6 is 0 Å². The summed E-state index contributed by atoms with van der Waals surface area (Å²) in [5.41, 5.74) is 3.64. The van der Waals surface area contributed by atoms with E-state index < -0.39 is 0 Å². The Morgan fingerprint density at radius 1 is 1.21 bits per heavy atom. The molecular formula is C23H26N4O2. The van der Waals surface area contributed by atoms with Gasteiger partial charge in [-0.15, -0.1) is 0 Å². The topological polar surface area (TPSA) is 77.4 Å². The minimum absolute atomic E-state index is 0.0532. The summed E-state index contributed by atoms with van der Waals surface area (Å²) in [5, 5.41) is 16.1. The van der Waals surface area contributed by atoms with Crippen molar-refractivity contribution in [3.05, 3.63) is 48.0 Å². The van der Waals surface area contributed by atoms with Gasteiger partial charge in [-0.3, -0.25) is 4.79 Å². The lowest BCUT2D eigenvalue weighted by molar-refractivity contribution is -0.123. The number of carbonyl (C=O) groups is 1. The molecule has 6 nitrogen and oxygen atoms in total. The Labute approximate surface area is 171 Å². The quantitative estimate of drug-likeness (QED) is 0.821. The van der Waals surface area contributed by atoms with E-state index in [0.29, 0.717) is 5.56 Å². The molecule has 29 heavy (non-hydrogen) atoms. The molecule has 1 amide bonds. The van der Waals surface area contributed by atoms with E-state index in [1.165, 1.54) is 0 Å². The molecule has 0 bridgehead atoms. The van der Waals surface area contributed by atoms with Crippen LogP contribution < -0.4 is 20.3 Å². The van der Waals surface area contributed by atoms with Crippen LogP contribution in [0.25, 0.3) is 11.1 Å². The van der Waals surface area contributed by atoms with E-state index in [1.807, 2.05) is 42.5 Å². The van der Waals surface area contributed by atoms with Gasteiger partial charge in [-0.25, -0.2) is 0 Å². The van der Waals surface area contributed by atoms with Crippen molar-refractivity contribution in [1.82, 2.24) is 10.6 Å². The summed E-state index contributed by atoms with van der Waals surface area (Å²) in [7, 11) is 1.65. The first-order chi connectivity index (χ1) is 14.2. The summed E-state index contributed by atoms with van der Waals surface area (Å²) in [6.07, 6.45) is 2.86. The van der Waals surface area contributed by atoms with Crippen LogP contribution in [0.4, 0.5) is 5.69 Å². The van der Waals surface area contributed by atoms with Crippen molar-refractivity contribution in [3.8, 4) is 22.9 Å². The van der Waals surface area contributed by atoms with Gasteiger partial charge in [0.05, 0.1) is 24.4 Å². The van der Waals surface area contributed by atoms with Crippen molar-refractivity contribution in [3.63, 3.8) is 0 Å². The van der Waals surface area contributed by atoms with E-state index in [-0.39, 0.29) is 18.0 Å². The molecule has 0 saturated carbocycles. The number of amides is 1. The van der Waals surface area contributed by atoms with Gasteiger partial charge in [-0.1, -0.05) is 18.2 Å². The molecule has 0 spiro atoms. The fourth-order valence-electron chi connectivity index (χ4n) is 4.17.